The lowest BCUT2D eigenvalue weighted by atomic mass is 9.96. The zero-order valence-electron chi connectivity index (χ0n) is 14.4. The van der Waals surface area contributed by atoms with E-state index in [9.17, 15) is 0 Å². The van der Waals surface area contributed by atoms with Crippen LogP contribution in [-0.4, -0.2) is 51.3 Å². The van der Waals surface area contributed by atoms with Gasteiger partial charge in [-0.3, -0.25) is 4.99 Å². The summed E-state index contributed by atoms with van der Waals surface area (Å²) in [6, 6.07) is 8.27. The van der Waals surface area contributed by atoms with E-state index in [-0.39, 0.29) is 29.4 Å². The Hall–Kier alpha value is -0.530. The molecule has 2 fully saturated rings. The minimum atomic E-state index is 0. The van der Waals surface area contributed by atoms with E-state index < -0.39 is 0 Å². The Labute approximate surface area is 167 Å². The van der Waals surface area contributed by atoms with Gasteiger partial charge in [0.25, 0.3) is 0 Å². The summed E-state index contributed by atoms with van der Waals surface area (Å²) in [5.74, 6) is 1.59. The summed E-state index contributed by atoms with van der Waals surface area (Å²) < 4.78 is 5.47. The van der Waals surface area contributed by atoms with Crippen LogP contribution in [0.25, 0.3) is 0 Å². The number of guanidine groups is 1. The van der Waals surface area contributed by atoms with Crippen molar-refractivity contribution in [3.63, 3.8) is 0 Å². The molecular weight excluding hydrogens is 437 g/mol. The van der Waals surface area contributed by atoms with Gasteiger partial charge in [-0.1, -0.05) is 23.7 Å². The maximum Gasteiger partial charge on any atom is 0.193 e. The van der Waals surface area contributed by atoms with Crippen molar-refractivity contribution in [1.29, 1.82) is 0 Å². The summed E-state index contributed by atoms with van der Waals surface area (Å²) in [7, 11) is 3.96. The molecule has 1 N–H and O–H groups in total. The molecule has 0 amide bonds. The average molecular weight is 464 g/mol. The van der Waals surface area contributed by atoms with Gasteiger partial charge in [-0.2, -0.15) is 0 Å². The first-order chi connectivity index (χ1) is 11.1. The summed E-state index contributed by atoms with van der Waals surface area (Å²) in [6.07, 6.45) is 3.59. The van der Waals surface area contributed by atoms with Crippen molar-refractivity contribution < 1.29 is 4.74 Å². The van der Waals surface area contributed by atoms with E-state index in [1.807, 2.05) is 19.2 Å². The van der Waals surface area contributed by atoms with Crippen molar-refractivity contribution in [2.75, 3.05) is 40.4 Å². The van der Waals surface area contributed by atoms with E-state index in [2.05, 4.69) is 34.4 Å². The van der Waals surface area contributed by atoms with Gasteiger partial charge in [0.05, 0.1) is 6.61 Å². The Morgan fingerprint density at radius 1 is 1.38 bits per heavy atom. The summed E-state index contributed by atoms with van der Waals surface area (Å²) in [5.41, 5.74) is 1.62. The van der Waals surface area contributed by atoms with Gasteiger partial charge in [0, 0.05) is 50.1 Å². The number of rotatable bonds is 5. The molecule has 134 valence electrons. The highest BCUT2D eigenvalue weighted by atomic mass is 127. The number of hydrogen-bond donors (Lipinski definition) is 1. The van der Waals surface area contributed by atoms with Crippen LogP contribution in [0.1, 0.15) is 24.8 Å². The number of nitrogens with one attached hydrogen (secondary N) is 1. The number of hydrogen-bond acceptors (Lipinski definition) is 2. The second kappa shape index (κ2) is 8.72. The molecule has 0 aromatic heterocycles. The van der Waals surface area contributed by atoms with Crippen LogP contribution in [0, 0.1) is 5.92 Å². The molecule has 24 heavy (non-hydrogen) atoms. The van der Waals surface area contributed by atoms with E-state index in [0.29, 0.717) is 5.92 Å². The first kappa shape index (κ1) is 19.8. The molecule has 2 aliphatic rings. The molecule has 6 heteroatoms. The van der Waals surface area contributed by atoms with E-state index in [4.69, 9.17) is 16.3 Å². The van der Waals surface area contributed by atoms with Crippen molar-refractivity contribution in [3.05, 3.63) is 34.9 Å². The predicted octanol–water partition coefficient (Wildman–Crippen LogP) is 3.53. The molecule has 0 radical (unpaired) electrons. The zero-order valence-corrected chi connectivity index (χ0v) is 17.5. The SMILES string of the molecule is CN=C(NCC1(c2ccc(Cl)cc2)CC1)N(C)CC1CCOC1.I. The van der Waals surface area contributed by atoms with Crippen LogP contribution >= 0.6 is 35.6 Å². The first-order valence-corrected chi connectivity index (χ1v) is 8.76. The van der Waals surface area contributed by atoms with Crippen molar-refractivity contribution in [3.8, 4) is 0 Å². The number of nitrogens with zero attached hydrogens (tertiary/aromatic N) is 2. The third kappa shape index (κ3) is 4.76. The molecule has 1 saturated heterocycles. The third-order valence-corrected chi connectivity index (χ3v) is 5.28. The summed E-state index contributed by atoms with van der Waals surface area (Å²) in [4.78, 5) is 6.66. The minimum Gasteiger partial charge on any atom is -0.381 e. The Morgan fingerprint density at radius 2 is 2.08 bits per heavy atom. The summed E-state index contributed by atoms with van der Waals surface area (Å²) in [5, 5.41) is 4.36. The van der Waals surface area contributed by atoms with Crippen LogP contribution in [0.5, 0.6) is 0 Å². The lowest BCUT2D eigenvalue weighted by Crippen LogP contribution is -2.44. The Morgan fingerprint density at radius 3 is 2.62 bits per heavy atom. The van der Waals surface area contributed by atoms with Crippen LogP contribution in [0.2, 0.25) is 5.02 Å². The second-order valence-electron chi connectivity index (χ2n) is 6.80. The molecule has 3 rings (SSSR count). The zero-order chi connectivity index (χ0) is 16.3. The number of benzene rings is 1. The van der Waals surface area contributed by atoms with Crippen LogP contribution in [0.4, 0.5) is 0 Å². The van der Waals surface area contributed by atoms with Gasteiger partial charge in [-0.25, -0.2) is 0 Å². The van der Waals surface area contributed by atoms with Gasteiger partial charge < -0.3 is 15.0 Å². The smallest absolute Gasteiger partial charge is 0.193 e. The molecule has 1 heterocycles. The lowest BCUT2D eigenvalue weighted by Gasteiger charge is -2.26. The fourth-order valence-electron chi connectivity index (χ4n) is 3.36. The molecular formula is C18H27ClIN3O. The fraction of sp³-hybridized carbons (Fsp3) is 0.611. The van der Waals surface area contributed by atoms with Gasteiger partial charge in [0.15, 0.2) is 5.96 Å². The average Bonchev–Trinajstić information content (AvgIpc) is 3.16. The van der Waals surface area contributed by atoms with Crippen molar-refractivity contribution in [2.45, 2.75) is 24.7 Å². The molecule has 1 aliphatic carbocycles. The molecule has 1 aliphatic heterocycles. The predicted molar refractivity (Wildman–Crippen MR) is 111 cm³/mol. The van der Waals surface area contributed by atoms with Gasteiger partial charge in [-0.15, -0.1) is 24.0 Å². The highest BCUT2D eigenvalue weighted by Gasteiger charge is 2.44. The van der Waals surface area contributed by atoms with Crippen LogP contribution in [-0.2, 0) is 10.2 Å². The Kier molecular flexibility index (Phi) is 7.19. The van der Waals surface area contributed by atoms with Crippen LogP contribution in [0.15, 0.2) is 29.3 Å². The molecule has 1 unspecified atom stereocenters. The Balaban J connectivity index is 0.00000208. The number of halogens is 2. The van der Waals surface area contributed by atoms with Crippen molar-refractivity contribution in [2.24, 2.45) is 10.9 Å². The van der Waals surface area contributed by atoms with E-state index in [1.54, 1.807) is 0 Å². The largest absolute Gasteiger partial charge is 0.381 e. The monoisotopic (exact) mass is 463 g/mol. The minimum absolute atomic E-state index is 0. The molecule has 4 nitrogen and oxygen atoms in total. The molecule has 1 atom stereocenters. The summed E-state index contributed by atoms with van der Waals surface area (Å²) >= 11 is 6.00. The highest BCUT2D eigenvalue weighted by molar-refractivity contribution is 14.0. The van der Waals surface area contributed by atoms with Crippen molar-refractivity contribution in [1.82, 2.24) is 10.2 Å². The fourth-order valence-corrected chi connectivity index (χ4v) is 3.48. The lowest BCUT2D eigenvalue weighted by molar-refractivity contribution is 0.181. The van der Waals surface area contributed by atoms with E-state index in [0.717, 1.165) is 43.7 Å². The second-order valence-corrected chi connectivity index (χ2v) is 7.23. The maximum absolute atomic E-state index is 6.00. The van der Waals surface area contributed by atoms with Gasteiger partial charge in [-0.05, 0) is 37.0 Å². The van der Waals surface area contributed by atoms with Crippen LogP contribution < -0.4 is 5.32 Å². The van der Waals surface area contributed by atoms with E-state index in [1.165, 1.54) is 18.4 Å². The molecule has 0 spiro atoms. The quantitative estimate of drug-likeness (QED) is 0.412. The number of aliphatic imine (C=N–C) groups is 1. The van der Waals surface area contributed by atoms with Gasteiger partial charge >= 0.3 is 0 Å². The van der Waals surface area contributed by atoms with Crippen molar-refractivity contribution >= 4 is 41.5 Å². The van der Waals surface area contributed by atoms with Gasteiger partial charge in [0.1, 0.15) is 0 Å². The summed E-state index contributed by atoms with van der Waals surface area (Å²) in [6.45, 7) is 3.68. The normalized spacial score (nSPS) is 22.0. The maximum atomic E-state index is 6.00. The topological polar surface area (TPSA) is 36.9 Å². The first-order valence-electron chi connectivity index (χ1n) is 8.38. The third-order valence-electron chi connectivity index (χ3n) is 5.02. The Bertz CT molecular complexity index is 554. The number of ether oxygens (including phenoxy) is 1. The molecule has 0 bridgehead atoms. The molecule has 1 aromatic carbocycles. The standard InChI is InChI=1S/C18H26ClN3O.HI/c1-20-17(22(2)11-14-7-10-23-12-14)21-13-18(8-9-18)15-3-5-16(19)6-4-15;/h3-6,14H,7-13H2,1-2H3,(H,20,21);1H. The molecule has 1 saturated carbocycles. The van der Waals surface area contributed by atoms with Crippen LogP contribution in [0.3, 0.4) is 0 Å². The highest BCUT2D eigenvalue weighted by Crippen LogP contribution is 2.47. The van der Waals surface area contributed by atoms with Gasteiger partial charge in [0.2, 0.25) is 0 Å². The molecule has 1 aromatic rings. The van der Waals surface area contributed by atoms with E-state index >= 15 is 0 Å².